The summed E-state index contributed by atoms with van der Waals surface area (Å²) in [6.07, 6.45) is 0.658. The number of carbonyl (C=O) groups excluding carboxylic acids is 2. The van der Waals surface area contributed by atoms with E-state index in [4.69, 9.17) is 4.74 Å². The van der Waals surface area contributed by atoms with E-state index in [1.165, 1.54) is 0 Å². The molecule has 1 N–H and O–H groups in total. The van der Waals surface area contributed by atoms with Gasteiger partial charge in [-0.3, -0.25) is 14.9 Å². The summed E-state index contributed by atoms with van der Waals surface area (Å²) in [6.45, 7) is 1.01. The third-order valence-electron chi connectivity index (χ3n) is 3.50. The number of nitrogens with one attached hydrogen (secondary N) is 1. The molecule has 0 aliphatic carbocycles. The van der Waals surface area contributed by atoms with E-state index in [9.17, 15) is 9.59 Å². The van der Waals surface area contributed by atoms with Crippen molar-refractivity contribution in [3.05, 3.63) is 35.4 Å². The molecule has 1 spiro atoms. The minimum Gasteiger partial charge on any atom is -0.376 e. The summed E-state index contributed by atoms with van der Waals surface area (Å²) in [5.74, 6) is -0.414. The molecule has 17 heavy (non-hydrogen) atoms. The molecule has 0 bridgehead atoms. The highest BCUT2D eigenvalue weighted by Gasteiger charge is 2.44. The SMILES string of the molecule is O=C1CC2(COCc3ccccc32)CC(=O)N1. The zero-order valence-corrected chi connectivity index (χ0v) is 9.36. The van der Waals surface area contributed by atoms with Crippen LogP contribution in [0.1, 0.15) is 24.0 Å². The number of carbonyl (C=O) groups is 2. The second-order valence-corrected chi connectivity index (χ2v) is 4.76. The average Bonchev–Trinajstić information content (AvgIpc) is 2.28. The van der Waals surface area contributed by atoms with Crippen LogP contribution in [0.4, 0.5) is 0 Å². The van der Waals surface area contributed by atoms with Gasteiger partial charge in [-0.2, -0.15) is 0 Å². The Labute approximate surface area is 99.0 Å². The lowest BCUT2D eigenvalue weighted by Crippen LogP contribution is -2.50. The van der Waals surface area contributed by atoms with Crippen LogP contribution in [-0.4, -0.2) is 18.4 Å². The Kier molecular flexibility index (Phi) is 2.26. The van der Waals surface area contributed by atoms with Crippen LogP contribution in [0.3, 0.4) is 0 Å². The number of amides is 2. The van der Waals surface area contributed by atoms with Gasteiger partial charge in [-0.05, 0) is 11.1 Å². The highest BCUT2D eigenvalue weighted by atomic mass is 16.5. The van der Waals surface area contributed by atoms with Crippen LogP contribution >= 0.6 is 0 Å². The Hall–Kier alpha value is -1.68. The Bertz CT molecular complexity index is 479. The Morgan fingerprint density at radius 3 is 2.59 bits per heavy atom. The van der Waals surface area contributed by atoms with E-state index >= 15 is 0 Å². The molecule has 88 valence electrons. The smallest absolute Gasteiger partial charge is 0.227 e. The molecule has 1 aromatic rings. The fourth-order valence-electron chi connectivity index (χ4n) is 2.81. The minimum atomic E-state index is -0.450. The molecule has 3 rings (SSSR count). The summed E-state index contributed by atoms with van der Waals surface area (Å²) in [7, 11) is 0. The largest absolute Gasteiger partial charge is 0.376 e. The topological polar surface area (TPSA) is 55.4 Å². The standard InChI is InChI=1S/C13H13NO3/c15-11-5-13(6-12(16)14-11)8-17-7-9-3-1-2-4-10(9)13/h1-4H,5-8H2,(H,14,15,16). The van der Waals surface area contributed by atoms with Gasteiger partial charge in [0.05, 0.1) is 13.2 Å². The van der Waals surface area contributed by atoms with Gasteiger partial charge in [-0.1, -0.05) is 24.3 Å². The Morgan fingerprint density at radius 2 is 1.82 bits per heavy atom. The average molecular weight is 231 g/mol. The van der Waals surface area contributed by atoms with Crippen molar-refractivity contribution in [3.63, 3.8) is 0 Å². The lowest BCUT2D eigenvalue weighted by atomic mass is 9.70. The summed E-state index contributed by atoms with van der Waals surface area (Å²) in [6, 6.07) is 7.89. The predicted octanol–water partition coefficient (Wildman–Crippen LogP) is 0.891. The van der Waals surface area contributed by atoms with Crippen molar-refractivity contribution in [3.8, 4) is 0 Å². The van der Waals surface area contributed by atoms with Crippen molar-refractivity contribution in [1.29, 1.82) is 0 Å². The molecule has 0 radical (unpaired) electrons. The fraction of sp³-hybridized carbons (Fsp3) is 0.385. The molecule has 1 fully saturated rings. The van der Waals surface area contributed by atoms with Crippen molar-refractivity contribution in [2.24, 2.45) is 0 Å². The van der Waals surface area contributed by atoms with Crippen LogP contribution in [-0.2, 0) is 26.3 Å². The van der Waals surface area contributed by atoms with Crippen molar-refractivity contribution < 1.29 is 14.3 Å². The van der Waals surface area contributed by atoms with Crippen LogP contribution in [0.25, 0.3) is 0 Å². The number of hydrogen-bond donors (Lipinski definition) is 1. The van der Waals surface area contributed by atoms with Gasteiger partial charge in [0.2, 0.25) is 11.8 Å². The normalized spacial score (nSPS) is 22.1. The van der Waals surface area contributed by atoms with E-state index in [1.807, 2.05) is 24.3 Å². The molecule has 2 heterocycles. The number of hydrogen-bond acceptors (Lipinski definition) is 3. The molecule has 0 aromatic heterocycles. The molecule has 2 aliphatic heterocycles. The fourth-order valence-corrected chi connectivity index (χ4v) is 2.81. The van der Waals surface area contributed by atoms with Crippen molar-refractivity contribution >= 4 is 11.8 Å². The second-order valence-electron chi connectivity index (χ2n) is 4.76. The lowest BCUT2D eigenvalue weighted by Gasteiger charge is -2.40. The number of rotatable bonds is 0. The summed E-state index contributed by atoms with van der Waals surface area (Å²) in [5, 5.41) is 2.35. The maximum absolute atomic E-state index is 11.6. The molecule has 2 amide bonds. The van der Waals surface area contributed by atoms with Crippen LogP contribution in [0.5, 0.6) is 0 Å². The molecular formula is C13H13NO3. The maximum Gasteiger partial charge on any atom is 0.227 e. The molecule has 0 saturated carbocycles. The van der Waals surface area contributed by atoms with Crippen molar-refractivity contribution in [2.45, 2.75) is 24.9 Å². The van der Waals surface area contributed by atoms with Gasteiger partial charge in [0.1, 0.15) is 0 Å². The summed E-state index contributed by atoms with van der Waals surface area (Å²) >= 11 is 0. The van der Waals surface area contributed by atoms with Gasteiger partial charge >= 0.3 is 0 Å². The highest BCUT2D eigenvalue weighted by molar-refractivity contribution is 5.99. The van der Waals surface area contributed by atoms with Gasteiger partial charge in [-0.15, -0.1) is 0 Å². The summed E-state index contributed by atoms with van der Waals surface area (Å²) < 4.78 is 5.55. The quantitative estimate of drug-likeness (QED) is 0.675. The monoisotopic (exact) mass is 231 g/mol. The third kappa shape index (κ3) is 1.65. The van der Waals surface area contributed by atoms with E-state index in [0.717, 1.165) is 11.1 Å². The van der Waals surface area contributed by atoms with E-state index < -0.39 is 5.41 Å². The molecule has 1 saturated heterocycles. The first-order valence-electron chi connectivity index (χ1n) is 5.68. The summed E-state index contributed by atoms with van der Waals surface area (Å²) in [5.41, 5.74) is 1.73. The van der Waals surface area contributed by atoms with Gasteiger partial charge in [0.15, 0.2) is 0 Å². The number of ether oxygens (including phenoxy) is 1. The third-order valence-corrected chi connectivity index (χ3v) is 3.50. The molecule has 4 nitrogen and oxygen atoms in total. The number of piperidine rings is 1. The zero-order valence-electron chi connectivity index (χ0n) is 9.36. The first kappa shape index (κ1) is 10.5. The second kappa shape index (κ2) is 3.67. The summed E-state index contributed by atoms with van der Waals surface area (Å²) in [4.78, 5) is 23.1. The van der Waals surface area contributed by atoms with Gasteiger partial charge < -0.3 is 4.74 Å². The van der Waals surface area contributed by atoms with Crippen molar-refractivity contribution in [1.82, 2.24) is 5.32 Å². The zero-order chi connectivity index (χ0) is 11.9. The molecular weight excluding hydrogens is 218 g/mol. The number of imide groups is 1. The molecule has 1 aromatic carbocycles. The van der Waals surface area contributed by atoms with Gasteiger partial charge in [0, 0.05) is 18.3 Å². The maximum atomic E-state index is 11.6. The Morgan fingerprint density at radius 1 is 1.12 bits per heavy atom. The van der Waals surface area contributed by atoms with E-state index in [0.29, 0.717) is 26.1 Å². The minimum absolute atomic E-state index is 0.207. The lowest BCUT2D eigenvalue weighted by molar-refractivity contribution is -0.137. The first-order valence-corrected chi connectivity index (χ1v) is 5.68. The molecule has 2 aliphatic rings. The van der Waals surface area contributed by atoms with Crippen LogP contribution in [0.2, 0.25) is 0 Å². The van der Waals surface area contributed by atoms with Gasteiger partial charge in [0.25, 0.3) is 0 Å². The number of fused-ring (bicyclic) bond motifs is 2. The van der Waals surface area contributed by atoms with Crippen molar-refractivity contribution in [2.75, 3.05) is 6.61 Å². The Balaban J connectivity index is 2.09. The molecule has 4 heteroatoms. The van der Waals surface area contributed by atoms with E-state index in [-0.39, 0.29) is 11.8 Å². The molecule has 0 atom stereocenters. The van der Waals surface area contributed by atoms with Gasteiger partial charge in [-0.25, -0.2) is 0 Å². The molecule has 0 unspecified atom stereocenters. The van der Waals surface area contributed by atoms with E-state index in [1.54, 1.807) is 0 Å². The highest BCUT2D eigenvalue weighted by Crippen LogP contribution is 2.39. The van der Waals surface area contributed by atoms with Crippen LogP contribution in [0, 0.1) is 0 Å². The van der Waals surface area contributed by atoms with Crippen LogP contribution < -0.4 is 5.32 Å². The van der Waals surface area contributed by atoms with E-state index in [2.05, 4.69) is 5.32 Å². The number of benzene rings is 1. The first-order chi connectivity index (χ1) is 8.20. The van der Waals surface area contributed by atoms with Crippen LogP contribution in [0.15, 0.2) is 24.3 Å². The predicted molar refractivity (Wildman–Crippen MR) is 60.2 cm³/mol.